The van der Waals surface area contributed by atoms with Crippen LogP contribution in [0.25, 0.3) is 33.0 Å². The fraction of sp³-hybridized carbons (Fsp3) is 0.286. The van der Waals surface area contributed by atoms with Crippen molar-refractivity contribution in [3.63, 3.8) is 0 Å². The minimum Gasteiger partial charge on any atom is -0.386 e. The number of dihydropyridines is 1. The Kier molecular flexibility index (Phi) is 7.13. The fourth-order valence-corrected chi connectivity index (χ4v) is 7.93. The smallest absolute Gasteiger partial charge is 0.0974 e. The number of nitrogens with zero attached hydrogens (tertiary/aromatic N) is 2. The predicted molar refractivity (Wildman–Crippen MR) is 189 cm³/mol. The van der Waals surface area contributed by atoms with Crippen molar-refractivity contribution in [2.45, 2.75) is 58.8 Å². The number of nitrogens with one attached hydrogen (secondary N) is 1. The molecule has 0 saturated carbocycles. The Morgan fingerprint density at radius 1 is 0.889 bits per heavy atom. The first-order valence-corrected chi connectivity index (χ1v) is 16.9. The van der Waals surface area contributed by atoms with Gasteiger partial charge in [0.15, 0.2) is 0 Å². The topological polar surface area (TPSA) is 37.8 Å². The van der Waals surface area contributed by atoms with E-state index in [1.54, 1.807) is 0 Å². The number of aryl methyl sites for hydroxylation is 2. The summed E-state index contributed by atoms with van der Waals surface area (Å²) in [5.41, 5.74) is 15.3. The van der Waals surface area contributed by atoms with Crippen LogP contribution in [0, 0.1) is 11.8 Å². The molecule has 0 bridgehead atoms. The van der Waals surface area contributed by atoms with Crippen LogP contribution in [0.2, 0.25) is 0 Å². The molecule has 3 heteroatoms. The Morgan fingerprint density at radius 3 is 2.58 bits per heavy atom. The SMILES string of the molecule is CCc1ccc2ccc3c(C4=CC(C5=C6C=CCC[C@@H]6[C@@H](C6=CC[C@@H](C)C=C6)c6ccccc65)=CNC4)cc(CC)nc3c2n1. The fourth-order valence-electron chi connectivity index (χ4n) is 7.93. The molecule has 2 aromatic heterocycles. The molecular weight excluding hydrogens is 546 g/mol. The summed E-state index contributed by atoms with van der Waals surface area (Å²) < 4.78 is 0. The van der Waals surface area contributed by atoms with E-state index in [0.29, 0.717) is 17.8 Å². The maximum Gasteiger partial charge on any atom is 0.0974 e. The minimum atomic E-state index is 0.402. The lowest BCUT2D eigenvalue weighted by atomic mass is 9.64. The zero-order valence-corrected chi connectivity index (χ0v) is 26.6. The third kappa shape index (κ3) is 4.81. The lowest BCUT2D eigenvalue weighted by Gasteiger charge is -2.40. The van der Waals surface area contributed by atoms with Crippen LogP contribution < -0.4 is 5.32 Å². The number of allylic oxidation sites excluding steroid dienone is 10. The Hall–Kier alpha value is -4.50. The monoisotopic (exact) mass is 587 g/mol. The van der Waals surface area contributed by atoms with Crippen molar-refractivity contribution in [1.82, 2.24) is 15.3 Å². The maximum atomic E-state index is 5.15. The standard InChI is InChI=1S/C42H41N3/c1-4-31-20-18-28-19-21-37-38(23-32(5-2)45-42(37)41(28)44-31)29-22-30(25-43-24-29)40-35-12-8-6-10-33(35)39(27-16-14-26(3)15-17-27)34-11-7-9-13-36(34)40/h6,8-10,12-14,16-23,25-26,34,39,43H,4-5,7,11,15,24H2,1-3H3/t26-,34-,39-/m0/s1. The van der Waals surface area contributed by atoms with Crippen LogP contribution in [0.3, 0.4) is 0 Å². The first kappa shape index (κ1) is 28.0. The molecule has 224 valence electrons. The Bertz CT molecular complexity index is 2030. The molecule has 0 amide bonds. The van der Waals surface area contributed by atoms with Crippen molar-refractivity contribution in [2.75, 3.05) is 6.54 Å². The van der Waals surface area contributed by atoms with Crippen LogP contribution >= 0.6 is 0 Å². The van der Waals surface area contributed by atoms with Crippen molar-refractivity contribution < 1.29 is 0 Å². The van der Waals surface area contributed by atoms with Crippen LogP contribution in [-0.4, -0.2) is 16.5 Å². The lowest BCUT2D eigenvalue weighted by Crippen LogP contribution is -2.26. The summed E-state index contributed by atoms with van der Waals surface area (Å²) in [6, 6.07) is 20.3. The molecule has 8 rings (SSSR count). The molecule has 45 heavy (non-hydrogen) atoms. The molecule has 0 fully saturated rings. The van der Waals surface area contributed by atoms with Crippen LogP contribution in [0.15, 0.2) is 114 Å². The second-order valence-electron chi connectivity index (χ2n) is 13.1. The van der Waals surface area contributed by atoms with Gasteiger partial charge in [0.2, 0.25) is 0 Å². The summed E-state index contributed by atoms with van der Waals surface area (Å²) in [5.74, 6) is 1.49. The van der Waals surface area contributed by atoms with E-state index >= 15 is 0 Å². The average Bonchev–Trinajstić information content (AvgIpc) is 3.10. The van der Waals surface area contributed by atoms with E-state index in [4.69, 9.17) is 9.97 Å². The molecule has 0 spiro atoms. The van der Waals surface area contributed by atoms with E-state index < -0.39 is 0 Å². The van der Waals surface area contributed by atoms with Crippen molar-refractivity contribution in [3.8, 4) is 0 Å². The highest BCUT2D eigenvalue weighted by molar-refractivity contribution is 6.07. The van der Waals surface area contributed by atoms with E-state index in [0.717, 1.165) is 60.0 Å². The molecule has 0 radical (unpaired) electrons. The Balaban J connectivity index is 1.29. The lowest BCUT2D eigenvalue weighted by molar-refractivity contribution is 0.491. The zero-order chi connectivity index (χ0) is 30.5. The third-order valence-corrected chi connectivity index (χ3v) is 10.3. The summed E-state index contributed by atoms with van der Waals surface area (Å²) in [5, 5.41) is 6.02. The molecule has 3 heterocycles. The summed E-state index contributed by atoms with van der Waals surface area (Å²) in [4.78, 5) is 10.2. The quantitative estimate of drug-likeness (QED) is 0.236. The molecule has 2 aromatic carbocycles. The molecule has 1 N–H and O–H groups in total. The van der Waals surface area contributed by atoms with Gasteiger partial charge in [0.25, 0.3) is 0 Å². The Labute approximate surface area is 266 Å². The first-order chi connectivity index (χ1) is 22.1. The van der Waals surface area contributed by atoms with E-state index in [-0.39, 0.29) is 0 Å². The minimum absolute atomic E-state index is 0.402. The number of aromatic nitrogens is 2. The van der Waals surface area contributed by atoms with E-state index in [1.165, 1.54) is 56.4 Å². The van der Waals surface area contributed by atoms with Gasteiger partial charge < -0.3 is 5.32 Å². The highest BCUT2D eigenvalue weighted by Crippen LogP contribution is 2.53. The maximum absolute atomic E-state index is 5.15. The van der Waals surface area contributed by atoms with Crippen molar-refractivity contribution >= 4 is 33.0 Å². The molecule has 0 unspecified atom stereocenters. The van der Waals surface area contributed by atoms with Crippen LogP contribution in [0.1, 0.15) is 74.0 Å². The van der Waals surface area contributed by atoms with Gasteiger partial charge in [-0.3, -0.25) is 9.97 Å². The van der Waals surface area contributed by atoms with Gasteiger partial charge in [-0.25, -0.2) is 0 Å². The predicted octanol–water partition coefficient (Wildman–Crippen LogP) is 9.82. The number of rotatable bonds is 5. The van der Waals surface area contributed by atoms with Gasteiger partial charge in [0, 0.05) is 40.8 Å². The van der Waals surface area contributed by atoms with Gasteiger partial charge in [-0.15, -0.1) is 0 Å². The summed E-state index contributed by atoms with van der Waals surface area (Å²) in [7, 11) is 0. The van der Waals surface area contributed by atoms with Crippen LogP contribution in [-0.2, 0) is 12.8 Å². The molecular formula is C42H41N3. The van der Waals surface area contributed by atoms with Gasteiger partial charge in [0.1, 0.15) is 0 Å². The molecule has 3 atom stereocenters. The second kappa shape index (κ2) is 11.5. The number of pyridine rings is 2. The highest BCUT2D eigenvalue weighted by Gasteiger charge is 2.38. The molecule has 1 aliphatic heterocycles. The Morgan fingerprint density at radius 2 is 1.73 bits per heavy atom. The molecule has 4 aliphatic rings. The molecule has 4 aromatic rings. The van der Waals surface area contributed by atoms with E-state index in [9.17, 15) is 0 Å². The van der Waals surface area contributed by atoms with Crippen LogP contribution in [0.4, 0.5) is 0 Å². The van der Waals surface area contributed by atoms with Crippen LogP contribution in [0.5, 0.6) is 0 Å². The van der Waals surface area contributed by atoms with Gasteiger partial charge in [0.05, 0.1) is 11.0 Å². The van der Waals surface area contributed by atoms with Crippen molar-refractivity contribution in [3.05, 3.63) is 142 Å². The zero-order valence-electron chi connectivity index (χ0n) is 26.6. The summed E-state index contributed by atoms with van der Waals surface area (Å²) >= 11 is 0. The normalized spacial score (nSPS) is 22.5. The highest BCUT2D eigenvalue weighted by atomic mass is 14.8. The summed E-state index contributed by atoms with van der Waals surface area (Å²) in [6.45, 7) is 7.46. The molecule has 3 nitrogen and oxygen atoms in total. The van der Waals surface area contributed by atoms with Gasteiger partial charge in [-0.1, -0.05) is 93.6 Å². The average molecular weight is 588 g/mol. The van der Waals surface area contributed by atoms with E-state index in [2.05, 4.69) is 123 Å². The number of benzene rings is 2. The second-order valence-corrected chi connectivity index (χ2v) is 13.1. The number of fused-ring (bicyclic) bond motifs is 5. The molecule has 0 saturated heterocycles. The molecule has 3 aliphatic carbocycles. The first-order valence-electron chi connectivity index (χ1n) is 16.9. The van der Waals surface area contributed by atoms with Gasteiger partial charge >= 0.3 is 0 Å². The number of hydrogen-bond acceptors (Lipinski definition) is 3. The van der Waals surface area contributed by atoms with Gasteiger partial charge in [-0.05, 0) is 107 Å². The van der Waals surface area contributed by atoms with Crippen molar-refractivity contribution in [1.29, 1.82) is 0 Å². The van der Waals surface area contributed by atoms with E-state index in [1.807, 2.05) is 0 Å². The largest absolute Gasteiger partial charge is 0.386 e. The van der Waals surface area contributed by atoms with Crippen molar-refractivity contribution in [2.24, 2.45) is 11.8 Å². The summed E-state index contributed by atoms with van der Waals surface area (Å²) in [6.07, 6.45) is 22.1. The van der Waals surface area contributed by atoms with Gasteiger partial charge in [-0.2, -0.15) is 0 Å². The third-order valence-electron chi connectivity index (χ3n) is 10.3. The number of hydrogen-bond donors (Lipinski definition) is 1.